The van der Waals surface area contributed by atoms with E-state index in [0.717, 1.165) is 5.56 Å². The zero-order valence-electron chi connectivity index (χ0n) is 16.0. The normalized spacial score (nSPS) is 13.0. The number of nitrogens with one attached hydrogen (secondary N) is 3. The van der Waals surface area contributed by atoms with Crippen LogP contribution in [0.5, 0.6) is 0 Å². The molecule has 7 nitrogen and oxygen atoms in total. The van der Waals surface area contributed by atoms with E-state index in [9.17, 15) is 9.00 Å². The van der Waals surface area contributed by atoms with E-state index in [1.807, 2.05) is 51.1 Å². The molecule has 0 fully saturated rings. The Labute approximate surface area is 158 Å². The first kappa shape index (κ1) is 22.0. The minimum atomic E-state index is -0.932. The van der Waals surface area contributed by atoms with Gasteiger partial charge in [-0.05, 0) is 26.3 Å². The summed E-state index contributed by atoms with van der Waals surface area (Å²) in [5, 5.41) is 8.86. The second kappa shape index (κ2) is 11.5. The van der Waals surface area contributed by atoms with Crippen molar-refractivity contribution in [3.8, 4) is 0 Å². The van der Waals surface area contributed by atoms with Crippen LogP contribution >= 0.6 is 0 Å². The molecule has 1 aromatic carbocycles. The summed E-state index contributed by atoms with van der Waals surface area (Å²) in [6.07, 6.45) is -0.446. The Morgan fingerprint density at radius 2 is 1.69 bits per heavy atom. The monoisotopic (exact) mass is 382 g/mol. The summed E-state index contributed by atoms with van der Waals surface area (Å²) < 4.78 is 17.2. The molecule has 1 amide bonds. The van der Waals surface area contributed by atoms with Gasteiger partial charge in [0.15, 0.2) is 5.96 Å². The first-order valence-corrected chi connectivity index (χ1v) is 10.1. The number of amides is 1. The van der Waals surface area contributed by atoms with Gasteiger partial charge < -0.3 is 20.7 Å². The predicted octanol–water partition coefficient (Wildman–Crippen LogP) is 1.62. The van der Waals surface area contributed by atoms with E-state index in [0.29, 0.717) is 37.1 Å². The van der Waals surface area contributed by atoms with Crippen LogP contribution in [0.4, 0.5) is 4.79 Å². The summed E-state index contributed by atoms with van der Waals surface area (Å²) in [7, 11) is 0.733. The lowest BCUT2D eigenvalue weighted by Crippen LogP contribution is -2.43. The highest BCUT2D eigenvalue weighted by molar-refractivity contribution is 7.84. The Morgan fingerprint density at radius 1 is 1.08 bits per heavy atom. The molecule has 0 aliphatic heterocycles. The van der Waals surface area contributed by atoms with Crippen molar-refractivity contribution in [3.63, 3.8) is 0 Å². The fourth-order valence-electron chi connectivity index (χ4n) is 2.00. The van der Waals surface area contributed by atoms with Crippen LogP contribution in [-0.2, 0) is 21.3 Å². The second-order valence-corrected chi connectivity index (χ2v) is 8.20. The Morgan fingerprint density at radius 3 is 2.31 bits per heavy atom. The Hall–Kier alpha value is -2.09. The summed E-state index contributed by atoms with van der Waals surface area (Å²) in [5.41, 5.74) is 0.561. The third kappa shape index (κ3) is 10.7. The van der Waals surface area contributed by atoms with E-state index in [4.69, 9.17) is 4.74 Å². The molecule has 0 bridgehead atoms. The molecule has 0 radical (unpaired) electrons. The van der Waals surface area contributed by atoms with Gasteiger partial charge in [-0.15, -0.1) is 0 Å². The number of hydrogen-bond donors (Lipinski definition) is 3. The van der Waals surface area contributed by atoms with Gasteiger partial charge in [0.2, 0.25) is 0 Å². The quantitative estimate of drug-likeness (QED) is 0.361. The van der Waals surface area contributed by atoms with Crippen LogP contribution in [0.2, 0.25) is 0 Å². The van der Waals surface area contributed by atoms with Gasteiger partial charge in [0, 0.05) is 49.0 Å². The van der Waals surface area contributed by atoms with Gasteiger partial charge in [-0.1, -0.05) is 30.3 Å². The Bertz CT molecular complexity index is 600. The van der Waals surface area contributed by atoms with Crippen molar-refractivity contribution >= 4 is 22.9 Å². The summed E-state index contributed by atoms with van der Waals surface area (Å²) in [6.45, 7) is 6.93. The molecule has 0 heterocycles. The molecule has 0 saturated carbocycles. The van der Waals surface area contributed by atoms with Crippen molar-refractivity contribution in [2.45, 2.75) is 32.1 Å². The van der Waals surface area contributed by atoms with Crippen molar-refractivity contribution in [2.75, 3.05) is 32.4 Å². The molecule has 8 heteroatoms. The molecule has 26 heavy (non-hydrogen) atoms. The van der Waals surface area contributed by atoms with Crippen LogP contribution in [0, 0.1) is 0 Å². The molecule has 0 aliphatic carbocycles. The fraction of sp³-hybridized carbons (Fsp3) is 0.556. The standard InChI is InChI=1S/C18H30N4O3S/c1-18(2,3)25-17(23)22-11-10-20-16(19-4)21-12-13-26(24)14-15-8-6-5-7-9-15/h5-9H,10-14H2,1-4H3,(H,22,23)(H2,19,20,21). The lowest BCUT2D eigenvalue weighted by atomic mass is 10.2. The smallest absolute Gasteiger partial charge is 0.407 e. The molecule has 3 N–H and O–H groups in total. The van der Waals surface area contributed by atoms with E-state index >= 15 is 0 Å². The SMILES string of the molecule is CN=C(NCCNC(=O)OC(C)(C)C)NCCS(=O)Cc1ccccc1. The number of nitrogens with zero attached hydrogens (tertiary/aromatic N) is 1. The first-order valence-electron chi connectivity index (χ1n) is 8.60. The highest BCUT2D eigenvalue weighted by Crippen LogP contribution is 2.06. The number of carbonyl (C=O) groups is 1. The average molecular weight is 383 g/mol. The Balaban J connectivity index is 2.17. The third-order valence-corrected chi connectivity index (χ3v) is 4.42. The lowest BCUT2D eigenvalue weighted by molar-refractivity contribution is 0.0529. The number of carbonyl (C=O) groups excluding carboxylic acids is 1. The van der Waals surface area contributed by atoms with Crippen molar-refractivity contribution in [1.82, 2.24) is 16.0 Å². The van der Waals surface area contributed by atoms with Crippen molar-refractivity contribution in [2.24, 2.45) is 4.99 Å². The predicted molar refractivity (Wildman–Crippen MR) is 107 cm³/mol. The van der Waals surface area contributed by atoms with Crippen molar-refractivity contribution in [1.29, 1.82) is 0 Å². The summed E-state index contributed by atoms with van der Waals surface area (Å²) >= 11 is 0. The zero-order valence-corrected chi connectivity index (χ0v) is 16.8. The molecule has 0 aromatic heterocycles. The number of rotatable bonds is 8. The van der Waals surface area contributed by atoms with Gasteiger partial charge in [-0.3, -0.25) is 9.20 Å². The van der Waals surface area contributed by atoms with Crippen LogP contribution in [0.25, 0.3) is 0 Å². The maximum absolute atomic E-state index is 12.1. The van der Waals surface area contributed by atoms with Crippen LogP contribution in [-0.4, -0.2) is 54.3 Å². The van der Waals surface area contributed by atoms with E-state index in [2.05, 4.69) is 20.9 Å². The molecule has 1 rings (SSSR count). The number of hydrogen-bond acceptors (Lipinski definition) is 4. The molecule has 1 aromatic rings. The highest BCUT2D eigenvalue weighted by atomic mass is 32.2. The van der Waals surface area contributed by atoms with Gasteiger partial charge in [0.25, 0.3) is 0 Å². The van der Waals surface area contributed by atoms with Crippen LogP contribution in [0.1, 0.15) is 26.3 Å². The fourth-order valence-corrected chi connectivity index (χ4v) is 3.03. The topological polar surface area (TPSA) is 91.8 Å². The minimum absolute atomic E-state index is 0.412. The molecule has 146 valence electrons. The molecule has 0 spiro atoms. The van der Waals surface area contributed by atoms with Crippen LogP contribution < -0.4 is 16.0 Å². The number of aliphatic imine (C=N–C) groups is 1. The summed E-state index contributed by atoms with van der Waals surface area (Å²) in [6, 6.07) is 9.79. The maximum atomic E-state index is 12.1. The molecule has 0 saturated heterocycles. The summed E-state index contributed by atoms with van der Waals surface area (Å²) in [4.78, 5) is 15.6. The van der Waals surface area contributed by atoms with Gasteiger partial charge in [0.05, 0.1) is 0 Å². The van der Waals surface area contributed by atoms with E-state index < -0.39 is 22.5 Å². The number of guanidine groups is 1. The van der Waals surface area contributed by atoms with E-state index in [1.54, 1.807) is 7.05 Å². The molecular weight excluding hydrogens is 352 g/mol. The summed E-state index contributed by atoms with van der Waals surface area (Å²) in [5.74, 6) is 1.69. The molecule has 1 unspecified atom stereocenters. The second-order valence-electron chi connectivity index (χ2n) is 6.63. The van der Waals surface area contributed by atoms with Crippen molar-refractivity contribution < 1.29 is 13.7 Å². The maximum Gasteiger partial charge on any atom is 0.407 e. The number of ether oxygens (including phenoxy) is 1. The van der Waals surface area contributed by atoms with E-state index in [-0.39, 0.29) is 0 Å². The Kier molecular flexibility index (Phi) is 9.72. The van der Waals surface area contributed by atoms with Gasteiger partial charge in [0.1, 0.15) is 5.60 Å². The number of alkyl carbamates (subject to hydrolysis) is 1. The largest absolute Gasteiger partial charge is 0.444 e. The third-order valence-electron chi connectivity index (χ3n) is 3.10. The number of benzene rings is 1. The molecule has 1 atom stereocenters. The van der Waals surface area contributed by atoms with Gasteiger partial charge in [-0.25, -0.2) is 4.79 Å². The minimum Gasteiger partial charge on any atom is -0.444 e. The van der Waals surface area contributed by atoms with Gasteiger partial charge >= 0.3 is 6.09 Å². The zero-order chi connectivity index (χ0) is 19.4. The van der Waals surface area contributed by atoms with Crippen molar-refractivity contribution in [3.05, 3.63) is 35.9 Å². The molecule has 0 aliphatic rings. The van der Waals surface area contributed by atoms with Gasteiger partial charge in [-0.2, -0.15) is 0 Å². The average Bonchev–Trinajstić information content (AvgIpc) is 2.56. The van der Waals surface area contributed by atoms with Crippen LogP contribution in [0.3, 0.4) is 0 Å². The first-order chi connectivity index (χ1) is 12.3. The lowest BCUT2D eigenvalue weighted by Gasteiger charge is -2.19. The highest BCUT2D eigenvalue weighted by Gasteiger charge is 2.15. The van der Waals surface area contributed by atoms with E-state index in [1.165, 1.54) is 0 Å². The van der Waals surface area contributed by atoms with Crippen LogP contribution in [0.15, 0.2) is 35.3 Å². The molecular formula is C18H30N4O3S.